The molecule has 0 bridgehead atoms. The molecule has 132 valence electrons. The van der Waals surface area contributed by atoms with E-state index in [4.69, 9.17) is 9.47 Å². The molecule has 3 aromatic rings. The Bertz CT molecular complexity index is 912. The Morgan fingerprint density at radius 2 is 1.96 bits per heavy atom. The SMILES string of the molecule is COc1ccc(Nc2nccc(Oc3cccc4c3C(O)CC4)n2)cc1. The topological polar surface area (TPSA) is 76.5 Å². The Morgan fingerprint density at radius 1 is 1.12 bits per heavy atom. The first-order chi connectivity index (χ1) is 12.7. The molecule has 0 amide bonds. The van der Waals surface area contributed by atoms with Crippen molar-refractivity contribution in [3.63, 3.8) is 0 Å². The fraction of sp³-hybridized carbons (Fsp3) is 0.200. The number of nitrogens with one attached hydrogen (secondary N) is 1. The van der Waals surface area contributed by atoms with Crippen LogP contribution in [0.5, 0.6) is 17.4 Å². The molecule has 6 nitrogen and oxygen atoms in total. The van der Waals surface area contributed by atoms with Crippen molar-refractivity contribution in [2.75, 3.05) is 12.4 Å². The van der Waals surface area contributed by atoms with Crippen molar-refractivity contribution < 1.29 is 14.6 Å². The maximum Gasteiger partial charge on any atom is 0.230 e. The van der Waals surface area contributed by atoms with Crippen LogP contribution in [0.1, 0.15) is 23.7 Å². The van der Waals surface area contributed by atoms with Crippen molar-refractivity contribution in [2.45, 2.75) is 18.9 Å². The van der Waals surface area contributed by atoms with Crippen molar-refractivity contribution in [3.8, 4) is 17.4 Å². The molecule has 0 radical (unpaired) electrons. The van der Waals surface area contributed by atoms with E-state index in [0.29, 0.717) is 17.6 Å². The summed E-state index contributed by atoms with van der Waals surface area (Å²) in [7, 11) is 1.63. The third kappa shape index (κ3) is 3.32. The van der Waals surface area contributed by atoms with E-state index in [0.717, 1.165) is 35.4 Å². The Labute approximate surface area is 151 Å². The number of aromatic nitrogens is 2. The van der Waals surface area contributed by atoms with E-state index in [9.17, 15) is 5.11 Å². The number of hydrogen-bond acceptors (Lipinski definition) is 6. The molecule has 4 rings (SSSR count). The van der Waals surface area contributed by atoms with Gasteiger partial charge in [0.2, 0.25) is 11.8 Å². The molecular formula is C20H19N3O3. The zero-order chi connectivity index (χ0) is 17.9. The van der Waals surface area contributed by atoms with Crippen LogP contribution in [0.15, 0.2) is 54.7 Å². The van der Waals surface area contributed by atoms with Crippen LogP contribution in [0.3, 0.4) is 0 Å². The van der Waals surface area contributed by atoms with Crippen LogP contribution in [0.4, 0.5) is 11.6 Å². The van der Waals surface area contributed by atoms with Crippen LogP contribution in [0.2, 0.25) is 0 Å². The molecule has 1 atom stereocenters. The minimum Gasteiger partial charge on any atom is -0.497 e. The molecule has 2 aromatic carbocycles. The first-order valence-electron chi connectivity index (χ1n) is 8.45. The lowest BCUT2D eigenvalue weighted by atomic mass is 10.1. The molecule has 0 aliphatic heterocycles. The van der Waals surface area contributed by atoms with Gasteiger partial charge in [0.1, 0.15) is 11.5 Å². The van der Waals surface area contributed by atoms with E-state index in [1.54, 1.807) is 19.4 Å². The van der Waals surface area contributed by atoms with E-state index in [-0.39, 0.29) is 0 Å². The van der Waals surface area contributed by atoms with Crippen LogP contribution in [0, 0.1) is 0 Å². The van der Waals surface area contributed by atoms with Gasteiger partial charge >= 0.3 is 0 Å². The van der Waals surface area contributed by atoms with Gasteiger partial charge in [0, 0.05) is 23.5 Å². The zero-order valence-electron chi connectivity index (χ0n) is 14.3. The monoisotopic (exact) mass is 349 g/mol. The molecule has 0 saturated heterocycles. The summed E-state index contributed by atoms with van der Waals surface area (Å²) in [5, 5.41) is 13.3. The number of nitrogens with zero attached hydrogens (tertiary/aromatic N) is 2. The maximum absolute atomic E-state index is 10.2. The smallest absolute Gasteiger partial charge is 0.230 e. The molecule has 1 aliphatic carbocycles. The Kier molecular flexibility index (Phi) is 4.41. The molecule has 1 heterocycles. The summed E-state index contributed by atoms with van der Waals surface area (Å²) in [5.74, 6) is 2.27. The average Bonchev–Trinajstić information content (AvgIpc) is 3.05. The summed E-state index contributed by atoms with van der Waals surface area (Å²) in [6.07, 6.45) is 2.74. The summed E-state index contributed by atoms with van der Waals surface area (Å²) in [6, 6.07) is 15.0. The van der Waals surface area contributed by atoms with Gasteiger partial charge in [-0.05, 0) is 48.7 Å². The van der Waals surface area contributed by atoms with Crippen LogP contribution in [0.25, 0.3) is 0 Å². The fourth-order valence-electron chi connectivity index (χ4n) is 3.09. The van der Waals surface area contributed by atoms with E-state index in [1.807, 2.05) is 42.5 Å². The van der Waals surface area contributed by atoms with Crippen molar-refractivity contribution >= 4 is 11.6 Å². The number of rotatable bonds is 5. The predicted octanol–water partition coefficient (Wildman–Crippen LogP) is 4.00. The standard InChI is InChI=1S/C20H19N3O3/c1-25-15-8-6-14(7-9-15)22-20-21-12-11-18(23-20)26-17-4-2-3-13-5-10-16(24)19(13)17/h2-4,6-9,11-12,16,24H,5,10H2,1H3,(H,21,22,23). The number of ether oxygens (including phenoxy) is 2. The second kappa shape index (κ2) is 7.01. The molecule has 1 unspecified atom stereocenters. The lowest BCUT2D eigenvalue weighted by Gasteiger charge is -2.13. The Balaban J connectivity index is 1.54. The number of anilines is 2. The maximum atomic E-state index is 10.2. The highest BCUT2D eigenvalue weighted by molar-refractivity contribution is 5.55. The quantitative estimate of drug-likeness (QED) is 0.725. The summed E-state index contributed by atoms with van der Waals surface area (Å²) < 4.78 is 11.1. The molecule has 1 aliphatic rings. The minimum atomic E-state index is -0.486. The highest BCUT2D eigenvalue weighted by Crippen LogP contribution is 2.39. The van der Waals surface area contributed by atoms with Gasteiger partial charge in [-0.1, -0.05) is 12.1 Å². The van der Waals surface area contributed by atoms with Gasteiger partial charge in [-0.2, -0.15) is 4.98 Å². The highest BCUT2D eigenvalue weighted by Gasteiger charge is 2.24. The molecule has 0 spiro atoms. The van der Waals surface area contributed by atoms with Crippen LogP contribution in [-0.2, 0) is 6.42 Å². The first-order valence-corrected chi connectivity index (χ1v) is 8.45. The van der Waals surface area contributed by atoms with Crippen molar-refractivity contribution in [1.82, 2.24) is 9.97 Å². The predicted molar refractivity (Wildman–Crippen MR) is 98.1 cm³/mol. The third-order valence-electron chi connectivity index (χ3n) is 4.37. The van der Waals surface area contributed by atoms with Gasteiger partial charge < -0.3 is 19.9 Å². The lowest BCUT2D eigenvalue weighted by Crippen LogP contribution is -2.00. The fourth-order valence-corrected chi connectivity index (χ4v) is 3.09. The largest absolute Gasteiger partial charge is 0.497 e. The Morgan fingerprint density at radius 3 is 2.77 bits per heavy atom. The van der Waals surface area contributed by atoms with E-state index < -0.39 is 6.10 Å². The molecule has 0 saturated carbocycles. The first kappa shape index (κ1) is 16.4. The normalized spacial score (nSPS) is 15.4. The summed E-state index contributed by atoms with van der Waals surface area (Å²) in [4.78, 5) is 8.62. The molecular weight excluding hydrogens is 330 g/mol. The van der Waals surface area contributed by atoms with Gasteiger partial charge in [-0.3, -0.25) is 0 Å². The molecule has 0 fully saturated rings. The number of aryl methyl sites for hydroxylation is 1. The van der Waals surface area contributed by atoms with E-state index in [2.05, 4.69) is 15.3 Å². The van der Waals surface area contributed by atoms with Gasteiger partial charge in [-0.15, -0.1) is 0 Å². The molecule has 2 N–H and O–H groups in total. The van der Waals surface area contributed by atoms with Crippen LogP contribution in [-0.4, -0.2) is 22.2 Å². The molecule has 1 aromatic heterocycles. The zero-order valence-corrected chi connectivity index (χ0v) is 14.3. The second-order valence-electron chi connectivity index (χ2n) is 6.06. The van der Waals surface area contributed by atoms with E-state index in [1.165, 1.54) is 0 Å². The van der Waals surface area contributed by atoms with Crippen LogP contribution >= 0.6 is 0 Å². The van der Waals surface area contributed by atoms with Crippen molar-refractivity contribution in [1.29, 1.82) is 0 Å². The van der Waals surface area contributed by atoms with Crippen molar-refractivity contribution in [3.05, 3.63) is 65.9 Å². The summed E-state index contributed by atoms with van der Waals surface area (Å²) >= 11 is 0. The number of hydrogen-bond donors (Lipinski definition) is 2. The molecule has 26 heavy (non-hydrogen) atoms. The summed E-state index contributed by atoms with van der Waals surface area (Å²) in [5.41, 5.74) is 2.83. The number of fused-ring (bicyclic) bond motifs is 1. The number of aliphatic hydroxyl groups is 1. The second-order valence-corrected chi connectivity index (χ2v) is 6.06. The average molecular weight is 349 g/mol. The third-order valence-corrected chi connectivity index (χ3v) is 4.37. The highest BCUT2D eigenvalue weighted by atomic mass is 16.5. The Hall–Kier alpha value is -3.12. The van der Waals surface area contributed by atoms with Crippen LogP contribution < -0.4 is 14.8 Å². The molecule has 6 heteroatoms. The lowest BCUT2D eigenvalue weighted by molar-refractivity contribution is 0.177. The van der Waals surface area contributed by atoms with Gasteiger partial charge in [0.05, 0.1) is 13.2 Å². The summed E-state index contributed by atoms with van der Waals surface area (Å²) in [6.45, 7) is 0. The number of aliphatic hydroxyl groups excluding tert-OH is 1. The number of benzene rings is 2. The van der Waals surface area contributed by atoms with Crippen molar-refractivity contribution in [2.24, 2.45) is 0 Å². The van der Waals surface area contributed by atoms with Gasteiger partial charge in [0.15, 0.2) is 0 Å². The minimum absolute atomic E-state index is 0.420. The number of methoxy groups -OCH3 is 1. The van der Waals surface area contributed by atoms with E-state index >= 15 is 0 Å². The van der Waals surface area contributed by atoms with Gasteiger partial charge in [0.25, 0.3) is 0 Å². The van der Waals surface area contributed by atoms with Gasteiger partial charge in [-0.25, -0.2) is 4.98 Å².